The van der Waals surface area contributed by atoms with Crippen molar-refractivity contribution in [3.05, 3.63) is 57.7 Å². The minimum absolute atomic E-state index is 0.108. The van der Waals surface area contributed by atoms with Crippen LogP contribution in [0.3, 0.4) is 0 Å². The van der Waals surface area contributed by atoms with Gasteiger partial charge in [0.2, 0.25) is 0 Å². The lowest BCUT2D eigenvalue weighted by molar-refractivity contribution is 0.218. The Morgan fingerprint density at radius 2 is 2.26 bits per heavy atom. The van der Waals surface area contributed by atoms with Gasteiger partial charge in [-0.25, -0.2) is 4.98 Å². The molecule has 0 radical (unpaired) electrons. The van der Waals surface area contributed by atoms with Gasteiger partial charge in [0.15, 0.2) is 5.16 Å². The summed E-state index contributed by atoms with van der Waals surface area (Å²) in [6, 6.07) is 8.74. The lowest BCUT2D eigenvalue weighted by Crippen LogP contribution is -2.24. The highest BCUT2D eigenvalue weighted by molar-refractivity contribution is 7.99. The molecule has 0 spiro atoms. The van der Waals surface area contributed by atoms with E-state index in [9.17, 15) is 4.79 Å². The summed E-state index contributed by atoms with van der Waals surface area (Å²) < 4.78 is 12.1. The number of aromatic nitrogens is 2. The first-order valence-electron chi connectivity index (χ1n) is 7.03. The van der Waals surface area contributed by atoms with Crippen LogP contribution in [0.25, 0.3) is 10.9 Å². The monoisotopic (exact) mass is 350 g/mol. The zero-order chi connectivity index (χ0) is 16.2. The first kappa shape index (κ1) is 16.1. The van der Waals surface area contributed by atoms with Crippen molar-refractivity contribution in [3.63, 3.8) is 0 Å². The molecule has 2 heterocycles. The number of nitrogens with zero attached hydrogens (tertiary/aromatic N) is 2. The van der Waals surface area contributed by atoms with Crippen molar-refractivity contribution < 1.29 is 9.15 Å². The minimum atomic E-state index is -0.108. The van der Waals surface area contributed by atoms with Gasteiger partial charge in [0, 0.05) is 17.9 Å². The van der Waals surface area contributed by atoms with Gasteiger partial charge in [-0.05, 0) is 30.3 Å². The maximum atomic E-state index is 12.8. The molecule has 23 heavy (non-hydrogen) atoms. The molecule has 3 aromatic rings. The van der Waals surface area contributed by atoms with Crippen molar-refractivity contribution in [1.29, 1.82) is 0 Å². The molecule has 7 heteroatoms. The van der Waals surface area contributed by atoms with E-state index in [1.807, 2.05) is 6.07 Å². The smallest absolute Gasteiger partial charge is 0.262 e. The van der Waals surface area contributed by atoms with Gasteiger partial charge in [-0.3, -0.25) is 9.36 Å². The lowest BCUT2D eigenvalue weighted by Gasteiger charge is -2.12. The molecular formula is C16H15ClN2O3S. The van der Waals surface area contributed by atoms with E-state index in [-0.39, 0.29) is 5.56 Å². The molecule has 120 valence electrons. The molecule has 0 bridgehead atoms. The van der Waals surface area contributed by atoms with Crippen LogP contribution in [0.4, 0.5) is 0 Å². The molecule has 2 aromatic heterocycles. The fourth-order valence-electron chi connectivity index (χ4n) is 2.20. The number of hydrogen-bond acceptors (Lipinski definition) is 5. The third kappa shape index (κ3) is 3.60. The number of fused-ring (bicyclic) bond motifs is 1. The number of methoxy groups -OCH3 is 1. The van der Waals surface area contributed by atoms with Crippen molar-refractivity contribution in [2.45, 2.75) is 11.7 Å². The number of rotatable bonds is 6. The Labute approximate surface area is 142 Å². The molecule has 0 saturated heterocycles. The minimum Gasteiger partial charge on any atom is -0.467 e. The highest BCUT2D eigenvalue weighted by Gasteiger charge is 2.13. The van der Waals surface area contributed by atoms with Crippen LogP contribution in [0, 0.1) is 0 Å². The third-order valence-corrected chi connectivity index (χ3v) is 4.47. The van der Waals surface area contributed by atoms with Gasteiger partial charge in [0.05, 0.1) is 30.3 Å². The van der Waals surface area contributed by atoms with Crippen LogP contribution in [-0.4, -0.2) is 29.0 Å². The molecule has 0 aliphatic rings. The van der Waals surface area contributed by atoms with Crippen LogP contribution in [0.5, 0.6) is 0 Å². The predicted molar refractivity (Wildman–Crippen MR) is 91.4 cm³/mol. The van der Waals surface area contributed by atoms with E-state index in [0.717, 1.165) is 0 Å². The van der Waals surface area contributed by atoms with Crippen molar-refractivity contribution in [2.75, 3.05) is 19.5 Å². The third-order valence-electron chi connectivity index (χ3n) is 3.30. The van der Waals surface area contributed by atoms with Crippen molar-refractivity contribution in [1.82, 2.24) is 9.55 Å². The van der Waals surface area contributed by atoms with E-state index in [4.69, 9.17) is 20.8 Å². The Balaban J connectivity index is 2.09. The molecule has 0 atom stereocenters. The fraction of sp³-hybridized carbons (Fsp3) is 0.250. The van der Waals surface area contributed by atoms with Gasteiger partial charge in [-0.2, -0.15) is 0 Å². The summed E-state index contributed by atoms with van der Waals surface area (Å²) in [7, 11) is 1.64. The highest BCUT2D eigenvalue weighted by Crippen LogP contribution is 2.21. The molecule has 0 fully saturated rings. The molecule has 0 unspecified atom stereocenters. The van der Waals surface area contributed by atoms with Gasteiger partial charge >= 0.3 is 0 Å². The maximum Gasteiger partial charge on any atom is 0.262 e. The van der Waals surface area contributed by atoms with E-state index in [1.54, 1.807) is 42.2 Å². The summed E-state index contributed by atoms with van der Waals surface area (Å²) in [6.07, 6.45) is 1.59. The molecule has 3 rings (SSSR count). The molecule has 0 N–H and O–H groups in total. The van der Waals surface area contributed by atoms with Crippen LogP contribution in [-0.2, 0) is 11.3 Å². The fourth-order valence-corrected chi connectivity index (χ4v) is 3.26. The summed E-state index contributed by atoms with van der Waals surface area (Å²) in [5, 5.41) is 1.72. The Morgan fingerprint density at radius 1 is 1.39 bits per heavy atom. The second-order valence-corrected chi connectivity index (χ2v) is 6.37. The highest BCUT2D eigenvalue weighted by atomic mass is 35.5. The summed E-state index contributed by atoms with van der Waals surface area (Å²) >= 11 is 7.48. The molecule has 5 nitrogen and oxygen atoms in total. The average molecular weight is 351 g/mol. The standard InChI is InChI=1S/C16H15ClN2O3S/c1-21-7-8-23-16-18-14-9-11(17)4-5-13(14)15(20)19(16)10-12-3-2-6-22-12/h2-6,9H,7-8,10H2,1H3. The summed E-state index contributed by atoms with van der Waals surface area (Å²) in [4.78, 5) is 17.4. The van der Waals surface area contributed by atoms with Gasteiger partial charge in [0.25, 0.3) is 5.56 Å². The molecular weight excluding hydrogens is 336 g/mol. The van der Waals surface area contributed by atoms with Crippen LogP contribution in [0.15, 0.2) is 51.0 Å². The van der Waals surface area contributed by atoms with E-state index in [2.05, 4.69) is 4.98 Å². The number of halogens is 1. The van der Waals surface area contributed by atoms with Crippen LogP contribution < -0.4 is 5.56 Å². The molecule has 0 aliphatic heterocycles. The Bertz CT molecular complexity index is 862. The van der Waals surface area contributed by atoms with E-state index in [0.29, 0.717) is 45.7 Å². The maximum absolute atomic E-state index is 12.8. The molecule has 0 amide bonds. The first-order valence-corrected chi connectivity index (χ1v) is 8.39. The lowest BCUT2D eigenvalue weighted by atomic mass is 10.2. The zero-order valence-corrected chi connectivity index (χ0v) is 14.1. The number of hydrogen-bond donors (Lipinski definition) is 0. The van der Waals surface area contributed by atoms with E-state index >= 15 is 0 Å². The van der Waals surface area contributed by atoms with Gasteiger partial charge in [-0.1, -0.05) is 23.4 Å². The van der Waals surface area contributed by atoms with Crippen molar-refractivity contribution >= 4 is 34.3 Å². The predicted octanol–water partition coefficient (Wildman–Crippen LogP) is 3.43. The summed E-state index contributed by atoms with van der Waals surface area (Å²) in [5.74, 6) is 1.41. The summed E-state index contributed by atoms with van der Waals surface area (Å²) in [6.45, 7) is 0.918. The number of ether oxygens (including phenoxy) is 1. The van der Waals surface area contributed by atoms with Crippen molar-refractivity contribution in [2.24, 2.45) is 0 Å². The Kier molecular flexibility index (Phi) is 5.05. The normalized spacial score (nSPS) is 11.2. The van der Waals surface area contributed by atoms with Gasteiger partial charge in [0.1, 0.15) is 5.76 Å². The van der Waals surface area contributed by atoms with Gasteiger partial charge < -0.3 is 9.15 Å². The van der Waals surface area contributed by atoms with Crippen LogP contribution >= 0.6 is 23.4 Å². The molecule has 0 aliphatic carbocycles. The SMILES string of the molecule is COCCSc1nc2cc(Cl)ccc2c(=O)n1Cc1ccco1. The average Bonchev–Trinajstić information content (AvgIpc) is 3.04. The Morgan fingerprint density at radius 3 is 3.00 bits per heavy atom. The van der Waals surface area contributed by atoms with E-state index < -0.39 is 0 Å². The van der Waals surface area contributed by atoms with Crippen LogP contribution in [0.2, 0.25) is 5.02 Å². The first-order chi connectivity index (χ1) is 11.2. The molecule has 1 aromatic carbocycles. The topological polar surface area (TPSA) is 57.3 Å². The van der Waals surface area contributed by atoms with E-state index in [1.165, 1.54) is 11.8 Å². The second kappa shape index (κ2) is 7.21. The second-order valence-electron chi connectivity index (χ2n) is 4.87. The van der Waals surface area contributed by atoms with Crippen LogP contribution in [0.1, 0.15) is 5.76 Å². The number of furan rings is 1. The Hall–Kier alpha value is -1.76. The zero-order valence-electron chi connectivity index (χ0n) is 12.5. The number of benzene rings is 1. The quantitative estimate of drug-likeness (QED) is 0.387. The largest absolute Gasteiger partial charge is 0.467 e. The van der Waals surface area contributed by atoms with Gasteiger partial charge in [-0.15, -0.1) is 0 Å². The van der Waals surface area contributed by atoms with Crippen molar-refractivity contribution in [3.8, 4) is 0 Å². The molecule has 0 saturated carbocycles. The number of thioether (sulfide) groups is 1. The summed E-state index contributed by atoms with van der Waals surface area (Å²) in [5.41, 5.74) is 0.487.